The fourth-order valence-electron chi connectivity index (χ4n) is 1.13. The van der Waals surface area contributed by atoms with E-state index in [1.165, 1.54) is 0 Å². The van der Waals surface area contributed by atoms with Crippen molar-refractivity contribution in [2.45, 2.75) is 19.5 Å². The van der Waals surface area contributed by atoms with Crippen molar-refractivity contribution in [3.63, 3.8) is 0 Å². The minimum absolute atomic E-state index is 0.234. The third-order valence-corrected chi connectivity index (χ3v) is 3.46. The first kappa shape index (κ1) is 11.9. The van der Waals surface area contributed by atoms with Crippen molar-refractivity contribution in [1.82, 2.24) is 5.32 Å². The van der Waals surface area contributed by atoms with Gasteiger partial charge >= 0.3 is 0 Å². The molecule has 0 fully saturated rings. The van der Waals surface area contributed by atoms with E-state index in [0.29, 0.717) is 12.3 Å². The molecule has 0 radical (unpaired) electrons. The number of hydrogen-bond donors (Lipinski definition) is 1. The molecular formula is C9H14BrNO2S. The average molecular weight is 280 g/mol. The Hall–Kier alpha value is -0.130. The van der Waals surface area contributed by atoms with Crippen molar-refractivity contribution < 1.29 is 8.63 Å². The van der Waals surface area contributed by atoms with E-state index < -0.39 is 10.8 Å². The molecule has 1 aromatic heterocycles. The van der Waals surface area contributed by atoms with Gasteiger partial charge in [-0.25, -0.2) is 0 Å². The minimum atomic E-state index is -0.754. The normalized spacial score (nSPS) is 15.4. The summed E-state index contributed by atoms with van der Waals surface area (Å²) >= 11 is 3.37. The molecule has 3 nitrogen and oxygen atoms in total. The lowest BCUT2D eigenvalue weighted by atomic mass is 10.3. The summed E-state index contributed by atoms with van der Waals surface area (Å²) < 4.78 is 17.1. The van der Waals surface area contributed by atoms with Gasteiger partial charge in [-0.2, -0.15) is 0 Å². The van der Waals surface area contributed by atoms with Crippen molar-refractivity contribution in [2.24, 2.45) is 0 Å². The topological polar surface area (TPSA) is 42.2 Å². The smallest absolute Gasteiger partial charge is 0.131 e. The molecule has 1 heterocycles. The maximum absolute atomic E-state index is 10.9. The number of rotatable bonds is 5. The van der Waals surface area contributed by atoms with Crippen LogP contribution in [0.1, 0.15) is 12.7 Å². The molecule has 2 atom stereocenters. The molecule has 0 saturated heterocycles. The van der Waals surface area contributed by atoms with Crippen LogP contribution in [-0.2, 0) is 17.3 Å². The van der Waals surface area contributed by atoms with Gasteiger partial charge in [0.15, 0.2) is 0 Å². The summed E-state index contributed by atoms with van der Waals surface area (Å²) in [5, 5.41) is 3.24. The third-order valence-electron chi connectivity index (χ3n) is 1.79. The third kappa shape index (κ3) is 3.94. The van der Waals surface area contributed by atoms with Crippen LogP contribution in [0.5, 0.6) is 0 Å². The molecular weight excluding hydrogens is 266 g/mol. The number of nitrogens with one attached hydrogen (secondary N) is 1. The summed E-state index contributed by atoms with van der Waals surface area (Å²) in [6.07, 6.45) is 3.35. The SMILES string of the molecule is CC(CS(C)=O)NCc1occc1Br. The second kappa shape index (κ2) is 5.68. The second-order valence-electron chi connectivity index (χ2n) is 3.21. The lowest BCUT2D eigenvalue weighted by molar-refractivity contribution is 0.463. The quantitative estimate of drug-likeness (QED) is 0.895. The monoisotopic (exact) mass is 279 g/mol. The van der Waals surface area contributed by atoms with Gasteiger partial charge in [-0.1, -0.05) is 0 Å². The van der Waals surface area contributed by atoms with Crippen molar-refractivity contribution in [1.29, 1.82) is 0 Å². The van der Waals surface area contributed by atoms with E-state index in [1.54, 1.807) is 12.5 Å². The first-order valence-corrected chi connectivity index (χ1v) is 6.87. The van der Waals surface area contributed by atoms with Gasteiger partial charge in [0.1, 0.15) is 5.76 Å². The first-order chi connectivity index (χ1) is 6.59. The van der Waals surface area contributed by atoms with Gasteiger partial charge in [-0.3, -0.25) is 4.21 Å². The lowest BCUT2D eigenvalue weighted by Gasteiger charge is -2.10. The predicted octanol–water partition coefficient (Wildman–Crippen LogP) is 1.90. The molecule has 2 unspecified atom stereocenters. The Balaban J connectivity index is 2.34. The van der Waals surface area contributed by atoms with E-state index in [2.05, 4.69) is 21.2 Å². The summed E-state index contributed by atoms with van der Waals surface area (Å²) in [6.45, 7) is 2.67. The predicted molar refractivity (Wildman–Crippen MR) is 61.6 cm³/mol. The second-order valence-corrected chi connectivity index (χ2v) is 5.55. The Morgan fingerprint density at radius 1 is 1.71 bits per heavy atom. The van der Waals surface area contributed by atoms with E-state index in [9.17, 15) is 4.21 Å². The van der Waals surface area contributed by atoms with Crippen LogP contribution in [-0.4, -0.2) is 22.3 Å². The van der Waals surface area contributed by atoms with Crippen molar-refractivity contribution in [2.75, 3.05) is 12.0 Å². The number of hydrogen-bond acceptors (Lipinski definition) is 3. The van der Waals surface area contributed by atoms with Gasteiger partial charge in [0, 0.05) is 28.9 Å². The molecule has 14 heavy (non-hydrogen) atoms. The summed E-state index contributed by atoms with van der Waals surface area (Å²) in [4.78, 5) is 0. The van der Waals surface area contributed by atoms with Crippen LogP contribution in [0.2, 0.25) is 0 Å². The molecule has 0 spiro atoms. The molecule has 0 aliphatic heterocycles. The van der Waals surface area contributed by atoms with Crippen LogP contribution in [0, 0.1) is 0 Å². The van der Waals surface area contributed by atoms with Gasteiger partial charge < -0.3 is 9.73 Å². The van der Waals surface area contributed by atoms with Crippen molar-refractivity contribution in [3.05, 3.63) is 22.6 Å². The van der Waals surface area contributed by atoms with Gasteiger partial charge in [0.05, 0.1) is 17.3 Å². The zero-order chi connectivity index (χ0) is 10.6. The Morgan fingerprint density at radius 2 is 2.43 bits per heavy atom. The van der Waals surface area contributed by atoms with Crippen LogP contribution in [0.4, 0.5) is 0 Å². The molecule has 80 valence electrons. The fraction of sp³-hybridized carbons (Fsp3) is 0.556. The first-order valence-electron chi connectivity index (χ1n) is 4.35. The van der Waals surface area contributed by atoms with E-state index in [0.717, 1.165) is 10.2 Å². The van der Waals surface area contributed by atoms with Gasteiger partial charge in [-0.05, 0) is 28.9 Å². The Labute approximate surface area is 94.8 Å². The van der Waals surface area contributed by atoms with Crippen molar-refractivity contribution in [3.8, 4) is 0 Å². The highest BCUT2D eigenvalue weighted by Crippen LogP contribution is 2.16. The minimum Gasteiger partial charge on any atom is -0.467 e. The fourth-order valence-corrected chi connectivity index (χ4v) is 2.29. The number of halogens is 1. The van der Waals surface area contributed by atoms with Crippen LogP contribution in [0.25, 0.3) is 0 Å². The average Bonchev–Trinajstić information content (AvgIpc) is 2.46. The molecule has 0 aromatic carbocycles. The van der Waals surface area contributed by atoms with E-state index in [-0.39, 0.29) is 6.04 Å². The molecule has 0 amide bonds. The van der Waals surface area contributed by atoms with Crippen LogP contribution in [0.15, 0.2) is 21.2 Å². The molecule has 0 saturated carbocycles. The Morgan fingerprint density at radius 3 is 2.93 bits per heavy atom. The zero-order valence-corrected chi connectivity index (χ0v) is 10.7. The highest BCUT2D eigenvalue weighted by molar-refractivity contribution is 9.10. The van der Waals surface area contributed by atoms with Crippen LogP contribution < -0.4 is 5.32 Å². The van der Waals surface area contributed by atoms with Crippen LogP contribution >= 0.6 is 15.9 Å². The van der Waals surface area contributed by atoms with E-state index >= 15 is 0 Å². The maximum Gasteiger partial charge on any atom is 0.131 e. The molecule has 0 bridgehead atoms. The Kier molecular flexibility index (Phi) is 4.84. The summed E-state index contributed by atoms with van der Waals surface area (Å²) in [5.74, 6) is 1.54. The molecule has 5 heteroatoms. The zero-order valence-electron chi connectivity index (χ0n) is 8.25. The highest BCUT2D eigenvalue weighted by atomic mass is 79.9. The van der Waals surface area contributed by atoms with Crippen LogP contribution in [0.3, 0.4) is 0 Å². The van der Waals surface area contributed by atoms with Crippen molar-refractivity contribution >= 4 is 26.7 Å². The largest absolute Gasteiger partial charge is 0.467 e. The number of furan rings is 1. The summed E-state index contributed by atoms with van der Waals surface area (Å²) in [7, 11) is -0.754. The molecule has 0 aliphatic carbocycles. The van der Waals surface area contributed by atoms with Gasteiger partial charge in [-0.15, -0.1) is 0 Å². The molecule has 0 aliphatic rings. The molecule has 1 aromatic rings. The van der Waals surface area contributed by atoms with Gasteiger partial charge in [0.25, 0.3) is 0 Å². The van der Waals surface area contributed by atoms with E-state index in [4.69, 9.17) is 4.42 Å². The summed E-state index contributed by atoms with van der Waals surface area (Å²) in [6, 6.07) is 2.09. The summed E-state index contributed by atoms with van der Waals surface area (Å²) in [5.41, 5.74) is 0. The van der Waals surface area contributed by atoms with Gasteiger partial charge in [0.2, 0.25) is 0 Å². The van der Waals surface area contributed by atoms with E-state index in [1.807, 2.05) is 13.0 Å². The Bertz CT molecular complexity index is 314. The molecule has 1 N–H and O–H groups in total. The maximum atomic E-state index is 10.9. The standard InChI is InChI=1S/C9H14BrNO2S/c1-7(6-14(2)12)11-5-9-8(10)3-4-13-9/h3-4,7,11H,5-6H2,1-2H3. The highest BCUT2D eigenvalue weighted by Gasteiger charge is 2.07. The lowest BCUT2D eigenvalue weighted by Crippen LogP contribution is -2.30. The molecule has 1 rings (SSSR count).